The molecule has 0 aliphatic carbocycles. The molecule has 1 aromatic heterocycles. The number of benzene rings is 1. The van der Waals surface area contributed by atoms with E-state index in [9.17, 15) is 29.4 Å². The second-order valence-corrected chi connectivity index (χ2v) is 8.18. The Kier molecular flexibility index (Phi) is 7.07. The minimum absolute atomic E-state index is 0.0307. The first-order chi connectivity index (χ1) is 15.2. The molecule has 1 aromatic carbocycles. The van der Waals surface area contributed by atoms with Crippen LogP contribution in [-0.2, 0) is 14.3 Å². The molecule has 0 radical (unpaired) electrons. The average Bonchev–Trinajstić information content (AvgIpc) is 3.57. The summed E-state index contributed by atoms with van der Waals surface area (Å²) in [5, 5.41) is 24.1. The van der Waals surface area contributed by atoms with Crippen molar-refractivity contribution in [2.24, 2.45) is 5.92 Å². The van der Waals surface area contributed by atoms with Crippen molar-refractivity contribution < 1.29 is 33.8 Å². The Balaban J connectivity index is 1.74. The molecule has 1 fully saturated rings. The zero-order valence-corrected chi connectivity index (χ0v) is 17.8. The molecule has 10 nitrogen and oxygen atoms in total. The van der Waals surface area contributed by atoms with Crippen molar-refractivity contribution in [3.8, 4) is 0 Å². The maximum Gasteiger partial charge on any atom is 0.259 e. The number of aliphatic hydroxyl groups excluding tert-OH is 2. The van der Waals surface area contributed by atoms with E-state index in [4.69, 9.17) is 9.15 Å². The van der Waals surface area contributed by atoms with E-state index in [1.54, 1.807) is 18.2 Å². The number of ether oxygens (including phenoxy) is 1. The van der Waals surface area contributed by atoms with Gasteiger partial charge in [0.25, 0.3) is 5.91 Å². The topological polar surface area (TPSA) is 158 Å². The van der Waals surface area contributed by atoms with Gasteiger partial charge in [-0.2, -0.15) is 0 Å². The van der Waals surface area contributed by atoms with Gasteiger partial charge in [-0.3, -0.25) is 19.2 Å². The third kappa shape index (κ3) is 4.87. The van der Waals surface area contributed by atoms with Gasteiger partial charge in [-0.15, -0.1) is 0 Å². The highest BCUT2D eigenvalue weighted by Gasteiger charge is 2.54. The molecule has 32 heavy (non-hydrogen) atoms. The highest BCUT2D eigenvalue weighted by Crippen LogP contribution is 2.30. The van der Waals surface area contributed by atoms with Crippen molar-refractivity contribution in [2.75, 3.05) is 19.8 Å². The minimum Gasteiger partial charge on any atom is -0.463 e. The van der Waals surface area contributed by atoms with Crippen LogP contribution >= 0.6 is 0 Å². The second kappa shape index (κ2) is 9.60. The lowest BCUT2D eigenvalue weighted by atomic mass is 9.92. The van der Waals surface area contributed by atoms with Crippen LogP contribution < -0.4 is 16.1 Å². The molecule has 172 valence electrons. The lowest BCUT2D eigenvalue weighted by Crippen LogP contribution is -2.56. The van der Waals surface area contributed by atoms with Crippen molar-refractivity contribution in [1.82, 2.24) is 10.6 Å². The fraction of sp³-hybridized carbons (Fsp3) is 0.455. The predicted molar refractivity (Wildman–Crippen MR) is 113 cm³/mol. The van der Waals surface area contributed by atoms with Crippen LogP contribution in [-0.4, -0.2) is 65.3 Å². The summed E-state index contributed by atoms with van der Waals surface area (Å²) in [5.74, 6) is -2.15. The van der Waals surface area contributed by atoms with Gasteiger partial charge in [0.2, 0.25) is 11.3 Å². The normalized spacial score (nSPS) is 19.4. The molecule has 0 saturated carbocycles. The van der Waals surface area contributed by atoms with Crippen LogP contribution in [0.4, 0.5) is 0 Å². The maximum atomic E-state index is 12.7. The molecular formula is C22H26N2O8. The number of rotatable bonds is 10. The average molecular weight is 446 g/mol. The van der Waals surface area contributed by atoms with Gasteiger partial charge in [-0.1, -0.05) is 26.0 Å². The monoisotopic (exact) mass is 446 g/mol. The second-order valence-electron chi connectivity index (χ2n) is 8.18. The van der Waals surface area contributed by atoms with Gasteiger partial charge < -0.3 is 30.0 Å². The Morgan fingerprint density at radius 2 is 1.81 bits per heavy atom. The first-order valence-electron chi connectivity index (χ1n) is 10.2. The Morgan fingerprint density at radius 3 is 2.41 bits per heavy atom. The SMILES string of the molecule is CC(C)CC(NC(=O)[C@H](CO)NC(=O)c1coc2ccccc2c1=O)C(=O)[C@@]1(CO)CO1. The van der Waals surface area contributed by atoms with Crippen molar-refractivity contribution in [3.05, 3.63) is 46.3 Å². The molecule has 1 aliphatic rings. The van der Waals surface area contributed by atoms with Gasteiger partial charge in [0, 0.05) is 0 Å². The van der Waals surface area contributed by atoms with Crippen molar-refractivity contribution in [2.45, 2.75) is 38.0 Å². The zero-order chi connectivity index (χ0) is 23.5. The lowest BCUT2D eigenvalue weighted by Gasteiger charge is -2.24. The Hall–Kier alpha value is -3.08. The highest BCUT2D eigenvalue weighted by molar-refractivity contribution is 6.01. The highest BCUT2D eigenvalue weighted by atomic mass is 16.6. The van der Waals surface area contributed by atoms with E-state index in [0.717, 1.165) is 6.26 Å². The number of para-hydroxylation sites is 1. The summed E-state index contributed by atoms with van der Waals surface area (Å²) < 4.78 is 10.4. The molecule has 0 spiro atoms. The molecule has 1 unspecified atom stereocenters. The van der Waals surface area contributed by atoms with Crippen LogP contribution in [0.5, 0.6) is 0 Å². The van der Waals surface area contributed by atoms with Crippen LogP contribution in [0.3, 0.4) is 0 Å². The van der Waals surface area contributed by atoms with Crippen LogP contribution in [0.25, 0.3) is 11.0 Å². The largest absolute Gasteiger partial charge is 0.463 e. The first-order valence-corrected chi connectivity index (χ1v) is 10.2. The Labute approximate surface area is 183 Å². The lowest BCUT2D eigenvalue weighted by molar-refractivity contribution is -0.133. The van der Waals surface area contributed by atoms with E-state index in [-0.39, 0.29) is 29.9 Å². The number of aliphatic hydroxyl groups is 2. The van der Waals surface area contributed by atoms with E-state index in [2.05, 4.69) is 10.6 Å². The Bertz CT molecular complexity index is 1070. The number of Topliss-reactive ketones (excluding diaryl/α,β-unsaturated/α-hetero) is 1. The van der Waals surface area contributed by atoms with Crippen molar-refractivity contribution in [1.29, 1.82) is 0 Å². The first kappa shape index (κ1) is 23.6. The summed E-state index contributed by atoms with van der Waals surface area (Å²) >= 11 is 0. The van der Waals surface area contributed by atoms with Gasteiger partial charge in [0.1, 0.15) is 23.5 Å². The van der Waals surface area contributed by atoms with Gasteiger partial charge >= 0.3 is 0 Å². The molecule has 10 heteroatoms. The summed E-state index contributed by atoms with van der Waals surface area (Å²) in [6, 6.07) is 4.00. The van der Waals surface area contributed by atoms with Crippen molar-refractivity contribution in [3.63, 3.8) is 0 Å². The van der Waals surface area contributed by atoms with E-state index in [0.29, 0.717) is 5.58 Å². The fourth-order valence-corrected chi connectivity index (χ4v) is 3.36. The molecule has 1 saturated heterocycles. The number of hydrogen-bond acceptors (Lipinski definition) is 8. The Morgan fingerprint density at radius 1 is 1.12 bits per heavy atom. The van der Waals surface area contributed by atoms with Gasteiger partial charge in [0.15, 0.2) is 11.4 Å². The number of carbonyl (C=O) groups is 3. The summed E-state index contributed by atoms with van der Waals surface area (Å²) in [4.78, 5) is 50.7. The zero-order valence-electron chi connectivity index (χ0n) is 17.8. The summed E-state index contributed by atoms with van der Waals surface area (Å²) in [5.41, 5.74) is -1.92. The van der Waals surface area contributed by atoms with Crippen LogP contribution in [0.15, 0.2) is 39.7 Å². The molecule has 2 heterocycles. The number of ketones is 1. The van der Waals surface area contributed by atoms with Gasteiger partial charge in [0.05, 0.1) is 31.2 Å². The number of fused-ring (bicyclic) bond motifs is 1. The van der Waals surface area contributed by atoms with E-state index < -0.39 is 53.9 Å². The molecule has 1 aliphatic heterocycles. The number of hydrogen-bond donors (Lipinski definition) is 4. The third-order valence-electron chi connectivity index (χ3n) is 5.27. The molecule has 0 bridgehead atoms. The smallest absolute Gasteiger partial charge is 0.259 e. The molecular weight excluding hydrogens is 420 g/mol. The number of amides is 2. The van der Waals surface area contributed by atoms with Gasteiger partial charge in [-0.05, 0) is 24.5 Å². The van der Waals surface area contributed by atoms with E-state index in [1.165, 1.54) is 6.07 Å². The van der Waals surface area contributed by atoms with Crippen LogP contribution in [0.2, 0.25) is 0 Å². The number of nitrogens with one attached hydrogen (secondary N) is 2. The van der Waals surface area contributed by atoms with Crippen molar-refractivity contribution >= 4 is 28.6 Å². The molecule has 3 atom stereocenters. The maximum absolute atomic E-state index is 12.7. The molecule has 2 amide bonds. The molecule has 3 rings (SSSR count). The van der Waals surface area contributed by atoms with Gasteiger partial charge in [-0.25, -0.2) is 0 Å². The molecule has 4 N–H and O–H groups in total. The molecule has 2 aromatic rings. The summed E-state index contributed by atoms with van der Waals surface area (Å²) in [7, 11) is 0. The number of carbonyl (C=O) groups excluding carboxylic acids is 3. The van der Waals surface area contributed by atoms with Crippen LogP contribution in [0.1, 0.15) is 30.6 Å². The quantitative estimate of drug-likeness (QED) is 0.364. The fourth-order valence-electron chi connectivity index (χ4n) is 3.36. The van der Waals surface area contributed by atoms with E-state index in [1.807, 2.05) is 13.8 Å². The third-order valence-corrected chi connectivity index (χ3v) is 5.27. The van der Waals surface area contributed by atoms with E-state index >= 15 is 0 Å². The summed E-state index contributed by atoms with van der Waals surface area (Å²) in [6.07, 6.45) is 1.27. The minimum atomic E-state index is -1.42. The number of epoxide rings is 1. The summed E-state index contributed by atoms with van der Waals surface area (Å²) in [6.45, 7) is 2.51. The van der Waals surface area contributed by atoms with Crippen LogP contribution in [0, 0.1) is 5.92 Å². The predicted octanol–water partition coefficient (Wildman–Crippen LogP) is -0.255. The standard InChI is InChI=1S/C22H26N2O8/c1-12(2)7-15(19(28)22(10-26)11-32-22)23-21(30)16(8-25)24-20(29)14-9-31-17-6-4-3-5-13(17)18(14)27/h3-6,9,12,15-16,25-26H,7-8,10-11H2,1-2H3,(H,23,30)(H,24,29)/t15?,16-,22+/m0/s1.